The van der Waals surface area contributed by atoms with Crippen LogP contribution in [0, 0.1) is 0 Å². The fourth-order valence-corrected chi connectivity index (χ4v) is 4.17. The van der Waals surface area contributed by atoms with E-state index in [1.54, 1.807) is 0 Å². The van der Waals surface area contributed by atoms with Crippen molar-refractivity contribution in [1.82, 2.24) is 15.1 Å². The highest BCUT2D eigenvalue weighted by Crippen LogP contribution is 2.35. The van der Waals surface area contributed by atoms with Crippen LogP contribution in [0.2, 0.25) is 0 Å². The Morgan fingerprint density at radius 2 is 1.78 bits per heavy atom. The number of piperidine rings is 2. The molecule has 1 N–H and O–H groups in total. The number of likely N-dealkylation sites (N-methyl/N-ethyl adjacent to an activating group) is 1. The standard InChI is InChI=1S/C14H25N3O/c1-15-13-6-7-17(14(13)18)12-8-10-4-3-5-11(9-12)16(10)2/h10-13,15H,3-9H2,1-2H3. The molecule has 3 saturated heterocycles. The number of carbonyl (C=O) groups excluding carboxylic acids is 1. The van der Waals surface area contributed by atoms with Gasteiger partial charge in [0.1, 0.15) is 0 Å². The highest BCUT2D eigenvalue weighted by molar-refractivity contribution is 5.84. The van der Waals surface area contributed by atoms with Crippen molar-refractivity contribution in [3.8, 4) is 0 Å². The Hall–Kier alpha value is -0.610. The molecule has 0 spiro atoms. The molecule has 1 amide bonds. The molecular formula is C14H25N3O. The first-order chi connectivity index (χ1) is 8.70. The molecule has 3 atom stereocenters. The summed E-state index contributed by atoms with van der Waals surface area (Å²) in [6.07, 6.45) is 7.38. The van der Waals surface area contributed by atoms with E-state index in [1.165, 1.54) is 32.1 Å². The molecule has 0 radical (unpaired) electrons. The van der Waals surface area contributed by atoms with Crippen molar-refractivity contribution in [3.63, 3.8) is 0 Å². The molecule has 18 heavy (non-hydrogen) atoms. The summed E-state index contributed by atoms with van der Waals surface area (Å²) >= 11 is 0. The number of amides is 1. The van der Waals surface area contributed by atoms with Crippen LogP contribution in [0.5, 0.6) is 0 Å². The Balaban J connectivity index is 1.69. The van der Waals surface area contributed by atoms with Crippen molar-refractivity contribution in [2.24, 2.45) is 0 Å². The van der Waals surface area contributed by atoms with Crippen LogP contribution < -0.4 is 5.32 Å². The lowest BCUT2D eigenvalue weighted by molar-refractivity contribution is -0.133. The molecule has 2 bridgehead atoms. The molecule has 4 heteroatoms. The molecule has 3 aliphatic rings. The van der Waals surface area contributed by atoms with Gasteiger partial charge in [-0.05, 0) is 46.2 Å². The Morgan fingerprint density at radius 3 is 2.33 bits per heavy atom. The molecule has 0 aromatic carbocycles. The minimum Gasteiger partial charge on any atom is -0.338 e. The molecule has 0 saturated carbocycles. The Labute approximate surface area is 110 Å². The molecule has 0 aromatic rings. The second-order valence-electron chi connectivity index (χ2n) is 6.19. The Morgan fingerprint density at radius 1 is 1.11 bits per heavy atom. The molecule has 3 unspecified atom stereocenters. The normalized spacial score (nSPS) is 41.4. The third kappa shape index (κ3) is 1.95. The average molecular weight is 251 g/mol. The second-order valence-corrected chi connectivity index (χ2v) is 6.19. The third-order valence-corrected chi connectivity index (χ3v) is 5.34. The Kier molecular flexibility index (Phi) is 3.32. The smallest absolute Gasteiger partial charge is 0.240 e. The number of hydrogen-bond donors (Lipinski definition) is 1. The van der Waals surface area contributed by atoms with Gasteiger partial charge in [-0.25, -0.2) is 0 Å². The first kappa shape index (κ1) is 12.4. The summed E-state index contributed by atoms with van der Waals surface area (Å²) in [5, 5.41) is 3.14. The van der Waals surface area contributed by atoms with E-state index in [2.05, 4.69) is 22.2 Å². The first-order valence-corrected chi connectivity index (χ1v) is 7.40. The van der Waals surface area contributed by atoms with Crippen LogP contribution in [0.25, 0.3) is 0 Å². The maximum absolute atomic E-state index is 12.3. The minimum atomic E-state index is 0.0736. The van der Waals surface area contributed by atoms with Crippen LogP contribution in [0.4, 0.5) is 0 Å². The van der Waals surface area contributed by atoms with Gasteiger partial charge in [0.15, 0.2) is 0 Å². The molecule has 3 fully saturated rings. The maximum atomic E-state index is 12.3. The van der Waals surface area contributed by atoms with Crippen LogP contribution in [0.3, 0.4) is 0 Å². The van der Waals surface area contributed by atoms with Crippen molar-refractivity contribution in [2.45, 2.75) is 62.7 Å². The second kappa shape index (κ2) is 4.82. The van der Waals surface area contributed by atoms with Crippen LogP contribution in [-0.2, 0) is 4.79 Å². The summed E-state index contributed by atoms with van der Waals surface area (Å²) in [5.41, 5.74) is 0. The van der Waals surface area contributed by atoms with E-state index >= 15 is 0 Å². The highest BCUT2D eigenvalue weighted by Gasteiger charge is 2.42. The lowest BCUT2D eigenvalue weighted by Crippen LogP contribution is -2.56. The highest BCUT2D eigenvalue weighted by atomic mass is 16.2. The zero-order chi connectivity index (χ0) is 12.7. The molecule has 3 heterocycles. The number of carbonyl (C=O) groups is 1. The van der Waals surface area contributed by atoms with Gasteiger partial charge in [-0.1, -0.05) is 6.42 Å². The van der Waals surface area contributed by atoms with Gasteiger partial charge in [0, 0.05) is 24.7 Å². The van der Waals surface area contributed by atoms with Crippen LogP contribution >= 0.6 is 0 Å². The molecule has 4 nitrogen and oxygen atoms in total. The predicted octanol–water partition coefficient (Wildman–Crippen LogP) is 0.822. The summed E-state index contributed by atoms with van der Waals surface area (Å²) in [6.45, 7) is 0.957. The summed E-state index contributed by atoms with van der Waals surface area (Å²) < 4.78 is 0. The van der Waals surface area contributed by atoms with Gasteiger partial charge in [-0.2, -0.15) is 0 Å². The number of nitrogens with zero attached hydrogens (tertiary/aromatic N) is 2. The fraction of sp³-hybridized carbons (Fsp3) is 0.929. The summed E-state index contributed by atoms with van der Waals surface area (Å²) in [5.74, 6) is 0.338. The largest absolute Gasteiger partial charge is 0.338 e. The van der Waals surface area contributed by atoms with E-state index in [0.717, 1.165) is 13.0 Å². The van der Waals surface area contributed by atoms with Gasteiger partial charge in [0.05, 0.1) is 6.04 Å². The fourth-order valence-electron chi connectivity index (χ4n) is 4.17. The number of rotatable bonds is 2. The van der Waals surface area contributed by atoms with Gasteiger partial charge in [0.2, 0.25) is 5.91 Å². The zero-order valence-corrected chi connectivity index (χ0v) is 11.6. The average Bonchev–Trinajstić information content (AvgIpc) is 2.70. The molecule has 3 rings (SSSR count). The molecular weight excluding hydrogens is 226 g/mol. The number of hydrogen-bond acceptors (Lipinski definition) is 3. The molecule has 0 aliphatic carbocycles. The van der Waals surface area contributed by atoms with Gasteiger partial charge >= 0.3 is 0 Å². The first-order valence-electron chi connectivity index (χ1n) is 7.40. The van der Waals surface area contributed by atoms with Crippen molar-refractivity contribution in [1.29, 1.82) is 0 Å². The van der Waals surface area contributed by atoms with Gasteiger partial charge in [0.25, 0.3) is 0 Å². The van der Waals surface area contributed by atoms with Crippen molar-refractivity contribution in [3.05, 3.63) is 0 Å². The predicted molar refractivity (Wildman–Crippen MR) is 71.4 cm³/mol. The van der Waals surface area contributed by atoms with Crippen LogP contribution in [-0.4, -0.2) is 60.5 Å². The van der Waals surface area contributed by atoms with Gasteiger partial charge in [-0.15, -0.1) is 0 Å². The summed E-state index contributed by atoms with van der Waals surface area (Å²) in [7, 11) is 4.17. The topological polar surface area (TPSA) is 35.6 Å². The van der Waals surface area contributed by atoms with E-state index in [4.69, 9.17) is 0 Å². The third-order valence-electron chi connectivity index (χ3n) is 5.34. The quantitative estimate of drug-likeness (QED) is 0.789. The van der Waals surface area contributed by atoms with Crippen LogP contribution in [0.1, 0.15) is 38.5 Å². The van der Waals surface area contributed by atoms with Crippen molar-refractivity contribution in [2.75, 3.05) is 20.6 Å². The monoisotopic (exact) mass is 251 g/mol. The summed E-state index contributed by atoms with van der Waals surface area (Å²) in [6, 6.07) is 2.00. The summed E-state index contributed by atoms with van der Waals surface area (Å²) in [4.78, 5) is 17.0. The minimum absolute atomic E-state index is 0.0736. The lowest BCUT2D eigenvalue weighted by atomic mass is 9.82. The molecule has 3 aliphatic heterocycles. The zero-order valence-electron chi connectivity index (χ0n) is 11.6. The Bertz CT molecular complexity index is 319. The number of nitrogens with one attached hydrogen (secondary N) is 1. The van der Waals surface area contributed by atoms with Gasteiger partial charge in [-0.3, -0.25) is 4.79 Å². The molecule has 0 aromatic heterocycles. The number of likely N-dealkylation sites (tertiary alicyclic amines) is 1. The van der Waals surface area contributed by atoms with Crippen LogP contribution in [0.15, 0.2) is 0 Å². The van der Waals surface area contributed by atoms with Crippen molar-refractivity contribution < 1.29 is 4.79 Å². The van der Waals surface area contributed by atoms with E-state index in [9.17, 15) is 4.79 Å². The van der Waals surface area contributed by atoms with E-state index in [1.807, 2.05) is 7.05 Å². The maximum Gasteiger partial charge on any atom is 0.240 e. The van der Waals surface area contributed by atoms with Gasteiger partial charge < -0.3 is 15.1 Å². The van der Waals surface area contributed by atoms with E-state index in [0.29, 0.717) is 24.0 Å². The van der Waals surface area contributed by atoms with E-state index in [-0.39, 0.29) is 6.04 Å². The number of fused-ring (bicyclic) bond motifs is 2. The lowest BCUT2D eigenvalue weighted by Gasteiger charge is -2.49. The molecule has 102 valence electrons. The van der Waals surface area contributed by atoms with Crippen molar-refractivity contribution >= 4 is 5.91 Å². The van der Waals surface area contributed by atoms with E-state index < -0.39 is 0 Å². The SMILES string of the molecule is CNC1CCN(C2CC3CCCC(C2)N3C)C1=O.